The van der Waals surface area contributed by atoms with Gasteiger partial charge in [-0.05, 0) is 111 Å². The topological polar surface area (TPSA) is 110 Å². The molecule has 43 heavy (non-hydrogen) atoms. The standard InChI is InChI=1S/C37H39NO5/c1-16-20(5)33(40)21(6)17(2)30(16)37(9,10)31-18(3)22(7)36(23(8)19(31)4)43-27-15-26(39)28-29(32(27)38)35(42)25-14-12-11-13-24(25)34(28)41/h11-15,39-40H,38H2,1-10H3. The van der Waals surface area contributed by atoms with E-state index in [-0.39, 0.29) is 39.4 Å². The number of ether oxygens (including phenoxy) is 1. The molecule has 222 valence electrons. The van der Waals surface area contributed by atoms with Crippen molar-refractivity contribution in [3.8, 4) is 23.0 Å². The Bertz CT molecular complexity index is 1850. The van der Waals surface area contributed by atoms with Gasteiger partial charge in [-0.3, -0.25) is 9.59 Å². The van der Waals surface area contributed by atoms with E-state index in [4.69, 9.17) is 10.5 Å². The summed E-state index contributed by atoms with van der Waals surface area (Å²) in [6.07, 6.45) is 0. The van der Waals surface area contributed by atoms with Gasteiger partial charge in [-0.25, -0.2) is 0 Å². The number of carbonyl (C=O) groups is 2. The van der Waals surface area contributed by atoms with Crippen LogP contribution in [0.1, 0.15) is 101 Å². The molecule has 6 nitrogen and oxygen atoms in total. The molecule has 0 heterocycles. The molecule has 0 saturated carbocycles. The number of hydrogen-bond donors (Lipinski definition) is 3. The van der Waals surface area contributed by atoms with Crippen molar-refractivity contribution < 1.29 is 24.5 Å². The molecular formula is C37H39NO5. The first kappa shape index (κ1) is 29.9. The Morgan fingerprint density at radius 1 is 0.651 bits per heavy atom. The second kappa shape index (κ2) is 10.0. The molecule has 0 saturated heterocycles. The normalized spacial score (nSPS) is 12.8. The summed E-state index contributed by atoms with van der Waals surface area (Å²) in [7, 11) is 0. The highest BCUT2D eigenvalue weighted by molar-refractivity contribution is 6.31. The summed E-state index contributed by atoms with van der Waals surface area (Å²) in [6.45, 7) is 20.6. The average molecular weight is 578 g/mol. The van der Waals surface area contributed by atoms with E-state index in [1.807, 2.05) is 27.7 Å². The van der Waals surface area contributed by atoms with Crippen LogP contribution < -0.4 is 10.5 Å². The first-order chi connectivity index (χ1) is 20.0. The van der Waals surface area contributed by atoms with Gasteiger partial charge in [0.25, 0.3) is 0 Å². The predicted octanol–water partition coefficient (Wildman–Crippen LogP) is 8.04. The van der Waals surface area contributed by atoms with Gasteiger partial charge in [0.1, 0.15) is 17.2 Å². The number of phenols is 2. The van der Waals surface area contributed by atoms with Gasteiger partial charge in [0.2, 0.25) is 0 Å². The molecule has 0 aromatic heterocycles. The second-order valence-corrected chi connectivity index (χ2v) is 12.4. The number of carbonyl (C=O) groups excluding carboxylic acids is 2. The Hall–Kier alpha value is -4.58. The maximum absolute atomic E-state index is 13.5. The minimum absolute atomic E-state index is 0.0143. The monoisotopic (exact) mass is 577 g/mol. The third-order valence-electron chi connectivity index (χ3n) is 9.78. The average Bonchev–Trinajstić information content (AvgIpc) is 2.96. The van der Waals surface area contributed by atoms with Crippen LogP contribution in [0.2, 0.25) is 0 Å². The van der Waals surface area contributed by atoms with E-state index in [0.29, 0.717) is 11.5 Å². The van der Waals surface area contributed by atoms with Crippen LogP contribution in [-0.4, -0.2) is 21.8 Å². The first-order valence-corrected chi connectivity index (χ1v) is 14.5. The lowest BCUT2D eigenvalue weighted by atomic mass is 9.68. The lowest BCUT2D eigenvalue weighted by molar-refractivity contribution is 0.0977. The number of ketones is 2. The molecule has 0 atom stereocenters. The van der Waals surface area contributed by atoms with Crippen molar-refractivity contribution in [1.29, 1.82) is 0 Å². The molecule has 0 spiro atoms. The summed E-state index contributed by atoms with van der Waals surface area (Å²) in [4.78, 5) is 26.7. The van der Waals surface area contributed by atoms with E-state index < -0.39 is 17.0 Å². The fourth-order valence-corrected chi connectivity index (χ4v) is 7.19. The van der Waals surface area contributed by atoms with Crippen LogP contribution in [0.4, 0.5) is 5.69 Å². The molecule has 1 aliphatic carbocycles. The van der Waals surface area contributed by atoms with E-state index in [9.17, 15) is 19.8 Å². The van der Waals surface area contributed by atoms with Gasteiger partial charge in [-0.2, -0.15) is 0 Å². The van der Waals surface area contributed by atoms with Crippen molar-refractivity contribution >= 4 is 17.3 Å². The van der Waals surface area contributed by atoms with Crippen molar-refractivity contribution in [2.24, 2.45) is 0 Å². The highest BCUT2D eigenvalue weighted by Gasteiger charge is 2.37. The lowest BCUT2D eigenvalue weighted by Gasteiger charge is -2.36. The fraction of sp³-hybridized carbons (Fsp3) is 0.297. The van der Waals surface area contributed by atoms with Gasteiger partial charge < -0.3 is 20.7 Å². The Balaban J connectivity index is 1.67. The van der Waals surface area contributed by atoms with Gasteiger partial charge in [-0.1, -0.05) is 38.1 Å². The zero-order chi connectivity index (χ0) is 31.9. The number of fused-ring (bicyclic) bond motifs is 2. The second-order valence-electron chi connectivity index (χ2n) is 12.4. The van der Waals surface area contributed by atoms with Crippen molar-refractivity contribution in [1.82, 2.24) is 0 Å². The van der Waals surface area contributed by atoms with Crippen LogP contribution in [0.3, 0.4) is 0 Å². The fourth-order valence-electron chi connectivity index (χ4n) is 7.19. The van der Waals surface area contributed by atoms with Gasteiger partial charge >= 0.3 is 0 Å². The van der Waals surface area contributed by atoms with Crippen LogP contribution in [0, 0.1) is 55.4 Å². The van der Waals surface area contributed by atoms with E-state index in [1.165, 1.54) is 17.2 Å². The molecule has 0 amide bonds. The molecule has 4 N–H and O–H groups in total. The minimum atomic E-state index is -0.447. The number of phenolic OH excluding ortho intramolecular Hbond substituents is 2. The Morgan fingerprint density at radius 2 is 1.07 bits per heavy atom. The number of anilines is 1. The maximum Gasteiger partial charge on any atom is 0.198 e. The summed E-state index contributed by atoms with van der Waals surface area (Å²) in [5.74, 6) is -0.179. The van der Waals surface area contributed by atoms with Gasteiger partial charge in [0, 0.05) is 22.6 Å². The minimum Gasteiger partial charge on any atom is -0.507 e. The molecule has 4 aromatic rings. The Morgan fingerprint density at radius 3 is 1.53 bits per heavy atom. The number of rotatable bonds is 4. The summed E-state index contributed by atoms with van der Waals surface area (Å²) >= 11 is 0. The Kier molecular flexibility index (Phi) is 6.96. The van der Waals surface area contributed by atoms with Crippen LogP contribution in [0.25, 0.3) is 0 Å². The number of hydrogen-bond acceptors (Lipinski definition) is 6. The maximum atomic E-state index is 13.5. The van der Waals surface area contributed by atoms with Gasteiger partial charge in [0.15, 0.2) is 17.3 Å². The van der Waals surface area contributed by atoms with Gasteiger partial charge in [-0.15, -0.1) is 0 Å². The molecule has 0 fully saturated rings. The van der Waals surface area contributed by atoms with Crippen LogP contribution in [0.5, 0.6) is 23.0 Å². The molecule has 0 aliphatic heterocycles. The predicted molar refractivity (Wildman–Crippen MR) is 170 cm³/mol. The summed E-state index contributed by atoms with van der Waals surface area (Å²) in [5.41, 5.74) is 16.6. The van der Waals surface area contributed by atoms with E-state index in [2.05, 4.69) is 41.5 Å². The van der Waals surface area contributed by atoms with Crippen LogP contribution in [0.15, 0.2) is 30.3 Å². The number of aromatic hydroxyl groups is 2. The Labute approximate surface area is 253 Å². The van der Waals surface area contributed by atoms with Crippen molar-refractivity contribution in [3.63, 3.8) is 0 Å². The molecule has 4 aromatic carbocycles. The van der Waals surface area contributed by atoms with Crippen molar-refractivity contribution in [2.75, 3.05) is 5.73 Å². The zero-order valence-electron chi connectivity index (χ0n) is 26.6. The molecular weight excluding hydrogens is 538 g/mol. The largest absolute Gasteiger partial charge is 0.507 e. The van der Waals surface area contributed by atoms with Crippen molar-refractivity contribution in [3.05, 3.63) is 108 Å². The molecule has 0 bridgehead atoms. The first-order valence-electron chi connectivity index (χ1n) is 14.5. The van der Waals surface area contributed by atoms with Crippen LogP contribution in [-0.2, 0) is 5.41 Å². The molecule has 0 radical (unpaired) electrons. The highest BCUT2D eigenvalue weighted by atomic mass is 16.5. The molecule has 0 unspecified atom stereocenters. The zero-order valence-corrected chi connectivity index (χ0v) is 26.6. The van der Waals surface area contributed by atoms with Crippen molar-refractivity contribution in [2.45, 2.75) is 74.7 Å². The quantitative estimate of drug-likeness (QED) is 0.147. The van der Waals surface area contributed by atoms with E-state index in [1.54, 1.807) is 24.3 Å². The summed E-state index contributed by atoms with van der Waals surface area (Å²) in [6, 6.07) is 7.86. The smallest absolute Gasteiger partial charge is 0.198 e. The molecule has 1 aliphatic rings. The molecule has 5 rings (SSSR count). The number of benzene rings is 4. The van der Waals surface area contributed by atoms with Crippen LogP contribution >= 0.6 is 0 Å². The van der Waals surface area contributed by atoms with Gasteiger partial charge in [0.05, 0.1) is 16.8 Å². The van der Waals surface area contributed by atoms with E-state index in [0.717, 1.165) is 44.5 Å². The van der Waals surface area contributed by atoms with E-state index >= 15 is 0 Å². The highest BCUT2D eigenvalue weighted by Crippen LogP contribution is 2.48. The number of nitrogens with two attached hydrogens (primary N) is 1. The SMILES string of the molecule is Cc1c(C)c(C(C)(C)c2c(C)c(C)c(Oc3cc(O)c4c(c3N)C(=O)c3ccccc3C4=O)c(C)c2C)c(C)c(C)c1O. The molecule has 6 heteroatoms. The summed E-state index contributed by atoms with van der Waals surface area (Å²) < 4.78 is 6.44. The lowest BCUT2D eigenvalue weighted by Crippen LogP contribution is -2.26. The third kappa shape index (κ3) is 4.15. The third-order valence-corrected chi connectivity index (χ3v) is 9.78. The summed E-state index contributed by atoms with van der Waals surface area (Å²) in [5, 5.41) is 21.7. The number of nitrogen functional groups attached to an aromatic ring is 1.